The van der Waals surface area contributed by atoms with E-state index in [1.54, 1.807) is 18.5 Å². The lowest BCUT2D eigenvalue weighted by Crippen LogP contribution is -2.24. The van der Waals surface area contributed by atoms with Crippen LogP contribution in [-0.2, 0) is 0 Å². The molecule has 68 valence electrons. The second-order valence-corrected chi connectivity index (χ2v) is 2.96. The van der Waals surface area contributed by atoms with E-state index in [1.807, 2.05) is 18.9 Å². The summed E-state index contributed by atoms with van der Waals surface area (Å²) in [6, 6.07) is 3.94. The average molecular weight is 176 g/mol. The van der Waals surface area contributed by atoms with Crippen LogP contribution in [0.4, 0.5) is 5.95 Å². The largest absolute Gasteiger partial charge is 0.343 e. The van der Waals surface area contributed by atoms with Crippen LogP contribution in [0, 0.1) is 17.2 Å². The van der Waals surface area contributed by atoms with Crippen LogP contribution >= 0.6 is 0 Å². The molecule has 4 nitrogen and oxygen atoms in total. The molecule has 0 fully saturated rings. The topological polar surface area (TPSA) is 52.8 Å². The third kappa shape index (κ3) is 2.71. The van der Waals surface area contributed by atoms with Gasteiger partial charge in [0.2, 0.25) is 5.95 Å². The number of nitrogens with zero attached hydrogens (tertiary/aromatic N) is 4. The first kappa shape index (κ1) is 9.46. The normalized spacial score (nSPS) is 11.8. The fourth-order valence-corrected chi connectivity index (χ4v) is 1.02. The molecule has 4 heteroatoms. The Morgan fingerprint density at radius 3 is 2.69 bits per heavy atom. The zero-order valence-electron chi connectivity index (χ0n) is 7.81. The monoisotopic (exact) mass is 176 g/mol. The van der Waals surface area contributed by atoms with E-state index >= 15 is 0 Å². The van der Waals surface area contributed by atoms with E-state index in [0.717, 1.165) is 0 Å². The summed E-state index contributed by atoms with van der Waals surface area (Å²) in [5.74, 6) is 0.651. The molecule has 0 bridgehead atoms. The Bertz CT molecular complexity index is 290. The standard InChI is InChI=1S/C9H12N4/c1-8(6-10)7-13(2)9-11-4-3-5-12-9/h3-5,8H,7H2,1-2H3. The zero-order valence-corrected chi connectivity index (χ0v) is 7.81. The second-order valence-electron chi connectivity index (χ2n) is 2.96. The number of aromatic nitrogens is 2. The van der Waals surface area contributed by atoms with Gasteiger partial charge in [-0.2, -0.15) is 5.26 Å². The molecular weight excluding hydrogens is 164 g/mol. The molecule has 0 amide bonds. The van der Waals surface area contributed by atoms with Crippen molar-refractivity contribution in [2.24, 2.45) is 5.92 Å². The van der Waals surface area contributed by atoms with Crippen LogP contribution in [0.3, 0.4) is 0 Å². The van der Waals surface area contributed by atoms with Crippen molar-refractivity contribution in [3.63, 3.8) is 0 Å². The molecule has 0 aliphatic carbocycles. The van der Waals surface area contributed by atoms with Crippen molar-refractivity contribution in [3.05, 3.63) is 18.5 Å². The van der Waals surface area contributed by atoms with Crippen molar-refractivity contribution in [1.29, 1.82) is 5.26 Å². The lowest BCUT2D eigenvalue weighted by atomic mass is 10.2. The van der Waals surface area contributed by atoms with E-state index in [9.17, 15) is 0 Å². The lowest BCUT2D eigenvalue weighted by molar-refractivity contribution is 0.702. The van der Waals surface area contributed by atoms with Gasteiger partial charge in [0.05, 0.1) is 12.0 Å². The van der Waals surface area contributed by atoms with Crippen LogP contribution in [0.2, 0.25) is 0 Å². The fraction of sp³-hybridized carbons (Fsp3) is 0.444. The Balaban J connectivity index is 2.60. The van der Waals surface area contributed by atoms with Crippen LogP contribution in [0.25, 0.3) is 0 Å². The van der Waals surface area contributed by atoms with Crippen LogP contribution in [0.5, 0.6) is 0 Å². The molecule has 0 saturated heterocycles. The summed E-state index contributed by atoms with van der Waals surface area (Å²) in [4.78, 5) is 10.0. The summed E-state index contributed by atoms with van der Waals surface area (Å²) in [6.45, 7) is 2.53. The second kappa shape index (κ2) is 4.41. The minimum absolute atomic E-state index is 0.00574. The molecule has 0 aromatic carbocycles. The van der Waals surface area contributed by atoms with Crippen molar-refractivity contribution in [1.82, 2.24) is 9.97 Å². The third-order valence-electron chi connectivity index (χ3n) is 1.66. The van der Waals surface area contributed by atoms with Gasteiger partial charge < -0.3 is 4.90 Å². The first-order valence-electron chi connectivity index (χ1n) is 4.12. The molecule has 1 atom stereocenters. The molecule has 0 aliphatic heterocycles. The molecule has 13 heavy (non-hydrogen) atoms. The van der Waals surface area contributed by atoms with E-state index in [-0.39, 0.29) is 5.92 Å². The van der Waals surface area contributed by atoms with Crippen molar-refractivity contribution in [2.75, 3.05) is 18.5 Å². The molecule has 1 unspecified atom stereocenters. The highest BCUT2D eigenvalue weighted by atomic mass is 15.2. The first-order valence-corrected chi connectivity index (χ1v) is 4.12. The van der Waals surface area contributed by atoms with Gasteiger partial charge >= 0.3 is 0 Å². The fourth-order valence-electron chi connectivity index (χ4n) is 1.02. The van der Waals surface area contributed by atoms with E-state index in [0.29, 0.717) is 12.5 Å². The van der Waals surface area contributed by atoms with Gasteiger partial charge in [-0.1, -0.05) is 0 Å². The molecule has 0 radical (unpaired) electrons. The number of hydrogen-bond acceptors (Lipinski definition) is 4. The van der Waals surface area contributed by atoms with Crippen LogP contribution < -0.4 is 4.90 Å². The van der Waals surface area contributed by atoms with Gasteiger partial charge in [-0.3, -0.25) is 0 Å². The maximum absolute atomic E-state index is 8.61. The lowest BCUT2D eigenvalue weighted by Gasteiger charge is -2.17. The zero-order chi connectivity index (χ0) is 9.68. The summed E-state index contributed by atoms with van der Waals surface area (Å²) in [6.07, 6.45) is 3.38. The Kier molecular flexibility index (Phi) is 3.21. The predicted molar refractivity (Wildman–Crippen MR) is 50.1 cm³/mol. The molecule has 1 aromatic heterocycles. The Morgan fingerprint density at radius 2 is 2.15 bits per heavy atom. The first-order chi connectivity index (χ1) is 6.24. The maximum atomic E-state index is 8.61. The quantitative estimate of drug-likeness (QED) is 0.691. The van der Waals surface area contributed by atoms with Crippen molar-refractivity contribution in [3.8, 4) is 6.07 Å². The molecule has 0 saturated carbocycles. The average Bonchev–Trinajstić information content (AvgIpc) is 2.19. The van der Waals surface area contributed by atoms with E-state index < -0.39 is 0 Å². The van der Waals surface area contributed by atoms with Crippen LogP contribution in [0.1, 0.15) is 6.92 Å². The van der Waals surface area contributed by atoms with Crippen molar-refractivity contribution in [2.45, 2.75) is 6.92 Å². The highest BCUT2D eigenvalue weighted by Crippen LogP contribution is 2.04. The van der Waals surface area contributed by atoms with Crippen molar-refractivity contribution >= 4 is 5.95 Å². The van der Waals surface area contributed by atoms with E-state index in [4.69, 9.17) is 5.26 Å². The minimum Gasteiger partial charge on any atom is -0.343 e. The molecule has 1 aromatic rings. The highest BCUT2D eigenvalue weighted by Gasteiger charge is 2.07. The summed E-state index contributed by atoms with van der Waals surface area (Å²) < 4.78 is 0. The van der Waals surface area contributed by atoms with Gasteiger partial charge in [0.15, 0.2) is 0 Å². The number of anilines is 1. The van der Waals surface area contributed by atoms with Gasteiger partial charge in [-0.05, 0) is 13.0 Å². The maximum Gasteiger partial charge on any atom is 0.225 e. The Morgan fingerprint density at radius 1 is 1.54 bits per heavy atom. The van der Waals surface area contributed by atoms with Crippen molar-refractivity contribution < 1.29 is 0 Å². The predicted octanol–water partition coefficient (Wildman–Crippen LogP) is 1.07. The number of rotatable bonds is 3. The summed E-state index contributed by atoms with van der Waals surface area (Å²) in [5.41, 5.74) is 0. The molecular formula is C9H12N4. The van der Waals surface area contributed by atoms with Gasteiger partial charge in [-0.15, -0.1) is 0 Å². The van der Waals surface area contributed by atoms with Crippen LogP contribution in [-0.4, -0.2) is 23.6 Å². The Hall–Kier alpha value is -1.63. The van der Waals surface area contributed by atoms with E-state index in [1.165, 1.54) is 0 Å². The van der Waals surface area contributed by atoms with Crippen LogP contribution in [0.15, 0.2) is 18.5 Å². The molecule has 1 heterocycles. The van der Waals surface area contributed by atoms with E-state index in [2.05, 4.69) is 16.0 Å². The Labute approximate surface area is 77.8 Å². The van der Waals surface area contributed by atoms with Gasteiger partial charge in [0.25, 0.3) is 0 Å². The van der Waals surface area contributed by atoms with Gasteiger partial charge in [0.1, 0.15) is 0 Å². The highest BCUT2D eigenvalue weighted by molar-refractivity contribution is 5.26. The molecule has 0 spiro atoms. The van der Waals surface area contributed by atoms with Gasteiger partial charge in [0, 0.05) is 26.0 Å². The number of nitriles is 1. The smallest absolute Gasteiger partial charge is 0.225 e. The SMILES string of the molecule is CC(C#N)CN(C)c1ncccn1. The number of hydrogen-bond donors (Lipinski definition) is 0. The third-order valence-corrected chi connectivity index (χ3v) is 1.66. The molecule has 0 aliphatic rings. The summed E-state index contributed by atoms with van der Waals surface area (Å²) in [5, 5.41) is 8.61. The summed E-state index contributed by atoms with van der Waals surface area (Å²) >= 11 is 0. The minimum atomic E-state index is -0.00574. The molecule has 1 rings (SSSR count). The molecule has 0 N–H and O–H groups in total. The van der Waals surface area contributed by atoms with Gasteiger partial charge in [-0.25, -0.2) is 9.97 Å². The summed E-state index contributed by atoms with van der Waals surface area (Å²) in [7, 11) is 1.88.